The third-order valence-electron chi connectivity index (χ3n) is 1.48. The van der Waals surface area contributed by atoms with Gasteiger partial charge in [0.05, 0.1) is 18.9 Å². The number of rotatable bonds is 4. The highest BCUT2D eigenvalue weighted by atomic mass is 35.5. The van der Waals surface area contributed by atoms with Gasteiger partial charge in [-0.05, 0) is 25.1 Å². The Hall–Kier alpha value is -1.48. The SMILES string of the molecule is CCOC=CC(=O)Oc1cccc(Cl)c1. The number of carbonyl (C=O) groups excluding carboxylic acids is 1. The molecule has 0 fully saturated rings. The predicted octanol–water partition coefficient (Wildman–Crippen LogP) is 2.80. The first kappa shape index (κ1) is 11.6. The zero-order chi connectivity index (χ0) is 11.1. The second-order valence-electron chi connectivity index (χ2n) is 2.64. The topological polar surface area (TPSA) is 35.5 Å². The number of ether oxygens (including phenoxy) is 2. The minimum Gasteiger partial charge on any atom is -0.501 e. The minimum absolute atomic E-state index is 0.411. The van der Waals surface area contributed by atoms with Gasteiger partial charge in [-0.25, -0.2) is 4.79 Å². The van der Waals surface area contributed by atoms with Gasteiger partial charge in [0.15, 0.2) is 0 Å². The number of hydrogen-bond acceptors (Lipinski definition) is 3. The van der Waals surface area contributed by atoms with Crippen LogP contribution in [0.15, 0.2) is 36.6 Å². The van der Waals surface area contributed by atoms with E-state index in [1.54, 1.807) is 24.3 Å². The fraction of sp³-hybridized carbons (Fsp3) is 0.182. The third-order valence-corrected chi connectivity index (χ3v) is 1.72. The van der Waals surface area contributed by atoms with Crippen molar-refractivity contribution in [2.24, 2.45) is 0 Å². The lowest BCUT2D eigenvalue weighted by Gasteiger charge is -2.00. The van der Waals surface area contributed by atoms with Gasteiger partial charge in [-0.3, -0.25) is 0 Å². The van der Waals surface area contributed by atoms with E-state index < -0.39 is 5.97 Å². The summed E-state index contributed by atoms with van der Waals surface area (Å²) in [5.74, 6) is -0.0839. The van der Waals surface area contributed by atoms with Crippen molar-refractivity contribution in [3.05, 3.63) is 41.6 Å². The van der Waals surface area contributed by atoms with Crippen LogP contribution in [0.3, 0.4) is 0 Å². The number of benzene rings is 1. The monoisotopic (exact) mass is 226 g/mol. The van der Waals surface area contributed by atoms with Crippen molar-refractivity contribution in [3.63, 3.8) is 0 Å². The van der Waals surface area contributed by atoms with E-state index in [1.165, 1.54) is 12.3 Å². The molecule has 0 saturated heterocycles. The molecule has 0 aliphatic rings. The van der Waals surface area contributed by atoms with Gasteiger partial charge in [-0.15, -0.1) is 0 Å². The maximum absolute atomic E-state index is 11.2. The average Bonchev–Trinajstić information content (AvgIpc) is 2.18. The molecule has 0 atom stereocenters. The lowest BCUT2D eigenvalue weighted by Crippen LogP contribution is -2.03. The molecule has 3 nitrogen and oxygen atoms in total. The van der Waals surface area contributed by atoms with Crippen molar-refractivity contribution in [3.8, 4) is 5.75 Å². The summed E-state index contributed by atoms with van der Waals surface area (Å²) in [4.78, 5) is 11.2. The van der Waals surface area contributed by atoms with Crippen molar-refractivity contribution < 1.29 is 14.3 Å². The standard InChI is InChI=1S/C11H11ClO3/c1-2-14-7-6-11(13)15-10-5-3-4-9(12)8-10/h3-8H,2H2,1H3. The second kappa shape index (κ2) is 6.09. The number of hydrogen-bond donors (Lipinski definition) is 0. The van der Waals surface area contributed by atoms with Gasteiger partial charge in [0.2, 0.25) is 0 Å². The van der Waals surface area contributed by atoms with E-state index in [-0.39, 0.29) is 0 Å². The number of esters is 1. The Morgan fingerprint density at radius 1 is 1.53 bits per heavy atom. The van der Waals surface area contributed by atoms with E-state index in [2.05, 4.69) is 0 Å². The van der Waals surface area contributed by atoms with Crippen molar-refractivity contribution in [2.45, 2.75) is 6.92 Å². The van der Waals surface area contributed by atoms with Gasteiger partial charge in [0.25, 0.3) is 0 Å². The van der Waals surface area contributed by atoms with Crippen molar-refractivity contribution >= 4 is 17.6 Å². The molecule has 0 saturated carbocycles. The lowest BCUT2D eigenvalue weighted by atomic mass is 10.3. The van der Waals surface area contributed by atoms with E-state index in [9.17, 15) is 4.79 Å². The molecule has 80 valence electrons. The summed E-state index contributed by atoms with van der Waals surface area (Å²) < 4.78 is 9.81. The van der Waals surface area contributed by atoms with Crippen LogP contribution in [0.2, 0.25) is 5.02 Å². The lowest BCUT2D eigenvalue weighted by molar-refractivity contribution is -0.129. The molecule has 0 aliphatic carbocycles. The molecule has 1 rings (SSSR count). The van der Waals surface area contributed by atoms with Crippen LogP contribution in [0, 0.1) is 0 Å². The minimum atomic E-state index is -0.495. The Kier molecular flexibility index (Phi) is 4.71. The highest BCUT2D eigenvalue weighted by molar-refractivity contribution is 6.30. The smallest absolute Gasteiger partial charge is 0.339 e. The molecule has 0 bridgehead atoms. The normalized spacial score (nSPS) is 10.3. The van der Waals surface area contributed by atoms with Crippen LogP contribution in [0.5, 0.6) is 5.75 Å². The first-order valence-corrected chi connectivity index (χ1v) is 4.85. The summed E-state index contributed by atoms with van der Waals surface area (Å²) in [6, 6.07) is 6.62. The van der Waals surface area contributed by atoms with Gasteiger partial charge in [0.1, 0.15) is 5.75 Å². The molecule has 0 spiro atoms. The fourth-order valence-corrected chi connectivity index (χ4v) is 1.06. The summed E-state index contributed by atoms with van der Waals surface area (Å²) in [6.45, 7) is 2.34. The number of halogens is 1. The van der Waals surface area contributed by atoms with E-state index in [0.717, 1.165) is 0 Å². The Morgan fingerprint density at radius 2 is 2.33 bits per heavy atom. The largest absolute Gasteiger partial charge is 0.501 e. The Balaban J connectivity index is 2.51. The molecule has 0 amide bonds. The van der Waals surface area contributed by atoms with E-state index in [1.807, 2.05) is 6.92 Å². The molecule has 0 N–H and O–H groups in total. The predicted molar refractivity (Wildman–Crippen MR) is 57.9 cm³/mol. The van der Waals surface area contributed by atoms with E-state index >= 15 is 0 Å². The third kappa shape index (κ3) is 4.51. The molecular weight excluding hydrogens is 216 g/mol. The quantitative estimate of drug-likeness (QED) is 0.343. The van der Waals surface area contributed by atoms with E-state index in [4.69, 9.17) is 21.1 Å². The zero-order valence-corrected chi connectivity index (χ0v) is 9.03. The van der Waals surface area contributed by atoms with Crippen molar-refractivity contribution in [2.75, 3.05) is 6.61 Å². The first-order chi connectivity index (χ1) is 7.22. The van der Waals surface area contributed by atoms with Crippen LogP contribution in [0.4, 0.5) is 0 Å². The van der Waals surface area contributed by atoms with Crippen LogP contribution in [0.1, 0.15) is 6.92 Å². The van der Waals surface area contributed by atoms with Gasteiger partial charge in [-0.2, -0.15) is 0 Å². The Bertz CT molecular complexity index is 361. The van der Waals surface area contributed by atoms with Crippen LogP contribution < -0.4 is 4.74 Å². The molecule has 15 heavy (non-hydrogen) atoms. The molecule has 0 unspecified atom stereocenters. The first-order valence-electron chi connectivity index (χ1n) is 4.48. The van der Waals surface area contributed by atoms with Crippen molar-refractivity contribution in [1.82, 2.24) is 0 Å². The van der Waals surface area contributed by atoms with Crippen LogP contribution in [-0.2, 0) is 9.53 Å². The summed E-state index contributed by atoms with van der Waals surface area (Å²) in [5, 5.41) is 0.522. The van der Waals surface area contributed by atoms with E-state index in [0.29, 0.717) is 17.4 Å². The zero-order valence-electron chi connectivity index (χ0n) is 8.27. The Morgan fingerprint density at radius 3 is 3.00 bits per heavy atom. The van der Waals surface area contributed by atoms with Crippen molar-refractivity contribution in [1.29, 1.82) is 0 Å². The Labute approximate surface area is 93.3 Å². The van der Waals surface area contributed by atoms with Gasteiger partial charge >= 0.3 is 5.97 Å². The summed E-state index contributed by atoms with van der Waals surface area (Å²) >= 11 is 5.72. The van der Waals surface area contributed by atoms with Crippen LogP contribution in [-0.4, -0.2) is 12.6 Å². The molecule has 0 aromatic heterocycles. The molecule has 1 aromatic carbocycles. The maximum atomic E-state index is 11.2. The average molecular weight is 227 g/mol. The maximum Gasteiger partial charge on any atom is 0.339 e. The van der Waals surface area contributed by atoms with Crippen LogP contribution in [0.25, 0.3) is 0 Å². The van der Waals surface area contributed by atoms with Gasteiger partial charge < -0.3 is 9.47 Å². The summed E-state index contributed by atoms with van der Waals surface area (Å²) in [7, 11) is 0. The van der Waals surface area contributed by atoms with Crippen LogP contribution >= 0.6 is 11.6 Å². The molecule has 1 aromatic rings. The summed E-state index contributed by atoms with van der Waals surface area (Å²) in [5.41, 5.74) is 0. The summed E-state index contributed by atoms with van der Waals surface area (Å²) in [6.07, 6.45) is 2.51. The fourth-order valence-electron chi connectivity index (χ4n) is 0.881. The van der Waals surface area contributed by atoms with Gasteiger partial charge in [-0.1, -0.05) is 17.7 Å². The molecule has 0 heterocycles. The highest BCUT2D eigenvalue weighted by Gasteiger charge is 2.00. The van der Waals surface area contributed by atoms with Gasteiger partial charge in [0, 0.05) is 5.02 Å². The highest BCUT2D eigenvalue weighted by Crippen LogP contribution is 2.17. The molecule has 4 heteroatoms. The second-order valence-corrected chi connectivity index (χ2v) is 3.07. The molecule has 0 aliphatic heterocycles. The molecular formula is C11H11ClO3. The number of carbonyl (C=O) groups is 1. The molecule has 0 radical (unpaired) electrons.